The van der Waals surface area contributed by atoms with E-state index >= 15 is 0 Å². The highest BCUT2D eigenvalue weighted by Crippen LogP contribution is 2.26. The second-order valence-corrected chi connectivity index (χ2v) is 5.49. The van der Waals surface area contributed by atoms with Crippen molar-refractivity contribution in [2.24, 2.45) is 5.92 Å². The van der Waals surface area contributed by atoms with Crippen LogP contribution < -0.4 is 5.32 Å². The van der Waals surface area contributed by atoms with E-state index in [9.17, 15) is 0 Å². The van der Waals surface area contributed by atoms with Gasteiger partial charge in [-0.1, -0.05) is 34.1 Å². The van der Waals surface area contributed by atoms with E-state index in [4.69, 9.17) is 9.47 Å². The maximum atomic E-state index is 6.06. The van der Waals surface area contributed by atoms with Crippen molar-refractivity contribution < 1.29 is 9.47 Å². The fourth-order valence-electron chi connectivity index (χ4n) is 2.15. The summed E-state index contributed by atoms with van der Waals surface area (Å²) in [6.45, 7) is 3.30. The summed E-state index contributed by atoms with van der Waals surface area (Å²) in [7, 11) is 1.95. The van der Waals surface area contributed by atoms with Crippen LogP contribution in [0.25, 0.3) is 0 Å². The molecule has 18 heavy (non-hydrogen) atoms. The number of hydrogen-bond donors (Lipinski definition) is 1. The minimum absolute atomic E-state index is 0.0891. The third-order valence-corrected chi connectivity index (χ3v) is 3.92. The molecule has 100 valence electrons. The smallest absolute Gasteiger partial charge is 0.0960 e. The zero-order chi connectivity index (χ0) is 12.8. The molecule has 2 atom stereocenters. The number of hydrogen-bond acceptors (Lipinski definition) is 3. The van der Waals surface area contributed by atoms with Gasteiger partial charge in [-0.05, 0) is 25.1 Å². The summed E-state index contributed by atoms with van der Waals surface area (Å²) in [5.41, 5.74) is 1.20. The lowest BCUT2D eigenvalue weighted by molar-refractivity contribution is 0.0260. The van der Waals surface area contributed by atoms with Gasteiger partial charge < -0.3 is 14.8 Å². The minimum atomic E-state index is 0.0891. The Kier molecular flexibility index (Phi) is 5.63. The summed E-state index contributed by atoms with van der Waals surface area (Å²) in [6.07, 6.45) is 1.20. The molecule has 0 aromatic heterocycles. The van der Waals surface area contributed by atoms with E-state index in [0.29, 0.717) is 5.92 Å². The Balaban J connectivity index is 1.96. The van der Waals surface area contributed by atoms with Crippen LogP contribution in [-0.2, 0) is 9.47 Å². The molecule has 3 nitrogen and oxygen atoms in total. The van der Waals surface area contributed by atoms with Crippen molar-refractivity contribution in [2.45, 2.75) is 12.5 Å². The van der Waals surface area contributed by atoms with Crippen LogP contribution >= 0.6 is 15.9 Å². The number of ether oxygens (including phenoxy) is 2. The highest BCUT2D eigenvalue weighted by atomic mass is 79.9. The topological polar surface area (TPSA) is 30.5 Å². The maximum Gasteiger partial charge on any atom is 0.0960 e. The molecule has 0 aliphatic carbocycles. The molecular formula is C14H20BrNO2. The average Bonchev–Trinajstić information content (AvgIpc) is 2.88. The van der Waals surface area contributed by atoms with Gasteiger partial charge in [-0.15, -0.1) is 0 Å². The van der Waals surface area contributed by atoms with E-state index in [1.165, 1.54) is 5.56 Å². The van der Waals surface area contributed by atoms with Crippen molar-refractivity contribution in [3.05, 3.63) is 34.3 Å². The Bertz CT molecular complexity index is 367. The Hall–Kier alpha value is -0.420. The summed E-state index contributed by atoms with van der Waals surface area (Å²) < 4.78 is 12.5. The fraction of sp³-hybridized carbons (Fsp3) is 0.571. The number of likely N-dealkylation sites (N-methyl/N-ethyl adjacent to an activating group) is 1. The molecule has 0 bridgehead atoms. The molecule has 0 amide bonds. The highest BCUT2D eigenvalue weighted by molar-refractivity contribution is 9.10. The van der Waals surface area contributed by atoms with Crippen molar-refractivity contribution in [3.8, 4) is 0 Å². The Morgan fingerprint density at radius 2 is 2.33 bits per heavy atom. The normalized spacial score (nSPS) is 21.1. The molecule has 1 aliphatic heterocycles. The lowest BCUT2D eigenvalue weighted by atomic mass is 10.1. The predicted octanol–water partition coefficient (Wildman–Crippen LogP) is 2.76. The van der Waals surface area contributed by atoms with Crippen LogP contribution in [0.4, 0.5) is 0 Å². The van der Waals surface area contributed by atoms with Gasteiger partial charge in [-0.2, -0.15) is 0 Å². The Morgan fingerprint density at radius 3 is 3.00 bits per heavy atom. The van der Waals surface area contributed by atoms with Crippen molar-refractivity contribution in [2.75, 3.05) is 33.4 Å². The molecule has 1 aliphatic rings. The zero-order valence-electron chi connectivity index (χ0n) is 10.7. The summed E-state index contributed by atoms with van der Waals surface area (Å²) >= 11 is 3.59. The molecule has 1 fully saturated rings. The maximum absolute atomic E-state index is 6.06. The highest BCUT2D eigenvalue weighted by Gasteiger charge is 2.20. The number of nitrogens with one attached hydrogen (secondary N) is 1. The van der Waals surface area contributed by atoms with Gasteiger partial charge in [0.15, 0.2) is 0 Å². The van der Waals surface area contributed by atoms with Crippen molar-refractivity contribution in [3.63, 3.8) is 0 Å². The third-order valence-electron chi connectivity index (χ3n) is 3.20. The fourth-order valence-corrected chi connectivity index (χ4v) is 2.69. The predicted molar refractivity (Wildman–Crippen MR) is 75.7 cm³/mol. The molecule has 1 heterocycles. The van der Waals surface area contributed by atoms with Gasteiger partial charge >= 0.3 is 0 Å². The third kappa shape index (κ3) is 3.79. The van der Waals surface area contributed by atoms with E-state index in [2.05, 4.69) is 33.4 Å². The van der Waals surface area contributed by atoms with Crippen molar-refractivity contribution in [1.82, 2.24) is 5.32 Å². The van der Waals surface area contributed by atoms with E-state index in [0.717, 1.165) is 37.3 Å². The number of halogens is 1. The molecule has 1 N–H and O–H groups in total. The lowest BCUT2D eigenvalue weighted by Gasteiger charge is -2.21. The standard InChI is InChI=1S/C14H20BrNO2/c1-16-8-14(12-4-2-3-5-13(12)15)18-10-11-6-7-17-9-11/h2-5,11,14,16H,6-10H2,1H3. The number of benzene rings is 1. The molecule has 0 radical (unpaired) electrons. The Morgan fingerprint density at radius 1 is 1.50 bits per heavy atom. The van der Waals surface area contributed by atoms with E-state index in [1.807, 2.05) is 19.2 Å². The van der Waals surface area contributed by atoms with Gasteiger partial charge in [-0.25, -0.2) is 0 Å². The summed E-state index contributed by atoms with van der Waals surface area (Å²) in [5, 5.41) is 3.19. The molecular weight excluding hydrogens is 294 g/mol. The molecule has 0 spiro atoms. The van der Waals surface area contributed by atoms with Gasteiger partial charge in [0.1, 0.15) is 0 Å². The first-order valence-electron chi connectivity index (χ1n) is 6.39. The summed E-state index contributed by atoms with van der Waals surface area (Å²) in [6, 6.07) is 8.23. The van der Waals surface area contributed by atoms with Crippen LogP contribution in [-0.4, -0.2) is 33.4 Å². The molecule has 1 saturated heterocycles. The van der Waals surface area contributed by atoms with Gasteiger partial charge in [0.25, 0.3) is 0 Å². The van der Waals surface area contributed by atoms with E-state index in [1.54, 1.807) is 0 Å². The first-order valence-corrected chi connectivity index (χ1v) is 7.19. The van der Waals surface area contributed by atoms with Crippen LogP contribution in [0.2, 0.25) is 0 Å². The van der Waals surface area contributed by atoms with Crippen molar-refractivity contribution in [1.29, 1.82) is 0 Å². The van der Waals surface area contributed by atoms with E-state index in [-0.39, 0.29) is 6.10 Å². The van der Waals surface area contributed by atoms with Gasteiger partial charge in [-0.3, -0.25) is 0 Å². The van der Waals surface area contributed by atoms with E-state index < -0.39 is 0 Å². The van der Waals surface area contributed by atoms with Crippen LogP contribution in [0.5, 0.6) is 0 Å². The second-order valence-electron chi connectivity index (χ2n) is 4.63. The largest absolute Gasteiger partial charge is 0.381 e. The van der Waals surface area contributed by atoms with Crippen LogP contribution in [0.3, 0.4) is 0 Å². The summed E-state index contributed by atoms with van der Waals surface area (Å²) in [5.74, 6) is 0.548. The molecule has 2 unspecified atom stereocenters. The lowest BCUT2D eigenvalue weighted by Crippen LogP contribution is -2.22. The van der Waals surface area contributed by atoms with Gasteiger partial charge in [0.2, 0.25) is 0 Å². The number of rotatable bonds is 6. The SMILES string of the molecule is CNCC(OCC1CCOC1)c1ccccc1Br. The molecule has 1 aromatic carbocycles. The summed E-state index contributed by atoms with van der Waals surface area (Å²) in [4.78, 5) is 0. The molecule has 1 aromatic rings. The monoisotopic (exact) mass is 313 g/mol. The second kappa shape index (κ2) is 7.24. The molecule has 0 saturated carbocycles. The van der Waals surface area contributed by atoms with Crippen LogP contribution in [0.15, 0.2) is 28.7 Å². The van der Waals surface area contributed by atoms with Crippen LogP contribution in [0.1, 0.15) is 18.1 Å². The van der Waals surface area contributed by atoms with Gasteiger partial charge in [0.05, 0.1) is 19.3 Å². The molecule has 4 heteroatoms. The van der Waals surface area contributed by atoms with Crippen LogP contribution in [0, 0.1) is 5.92 Å². The zero-order valence-corrected chi connectivity index (χ0v) is 12.3. The average molecular weight is 314 g/mol. The first-order chi connectivity index (χ1) is 8.81. The van der Waals surface area contributed by atoms with Crippen molar-refractivity contribution >= 4 is 15.9 Å². The quantitative estimate of drug-likeness (QED) is 0.876. The van der Waals surface area contributed by atoms with Gasteiger partial charge in [0, 0.05) is 23.5 Å². The Labute approximate surface area is 117 Å². The molecule has 2 rings (SSSR count). The first kappa shape index (κ1) is 14.0. The minimum Gasteiger partial charge on any atom is -0.381 e.